The van der Waals surface area contributed by atoms with Crippen molar-refractivity contribution >= 4 is 33.5 Å². The van der Waals surface area contributed by atoms with Crippen molar-refractivity contribution in [2.45, 2.75) is 13.8 Å². The molecule has 0 unspecified atom stereocenters. The highest BCUT2D eigenvalue weighted by molar-refractivity contribution is 7.92. The molecule has 10 nitrogen and oxygen atoms in total. The van der Waals surface area contributed by atoms with Crippen molar-refractivity contribution < 1.29 is 22.9 Å². The fourth-order valence-corrected chi connectivity index (χ4v) is 3.57. The molecule has 0 bridgehead atoms. The fraction of sp³-hybridized carbons (Fsp3) is 0.263. The Morgan fingerprint density at radius 2 is 2.00 bits per heavy atom. The van der Waals surface area contributed by atoms with Crippen LogP contribution >= 0.6 is 0 Å². The summed E-state index contributed by atoms with van der Waals surface area (Å²) in [4.78, 5) is 22.7. The number of nitrogens with one attached hydrogen (secondary N) is 1. The van der Waals surface area contributed by atoms with Crippen molar-refractivity contribution in [2.24, 2.45) is 5.10 Å². The third kappa shape index (κ3) is 5.54. The van der Waals surface area contributed by atoms with Gasteiger partial charge in [0.25, 0.3) is 5.91 Å². The largest absolute Gasteiger partial charge is 0.490 e. The Balaban J connectivity index is 2.16. The summed E-state index contributed by atoms with van der Waals surface area (Å²) < 4.78 is 30.4. The zero-order valence-electron chi connectivity index (χ0n) is 16.9. The second kappa shape index (κ2) is 9.35. The van der Waals surface area contributed by atoms with Gasteiger partial charge in [0.1, 0.15) is 6.54 Å². The van der Waals surface area contributed by atoms with Gasteiger partial charge in [-0.25, -0.2) is 13.8 Å². The number of benzene rings is 2. The molecule has 11 heteroatoms. The number of hydrogen-bond acceptors (Lipinski definition) is 7. The van der Waals surface area contributed by atoms with Gasteiger partial charge in [-0.1, -0.05) is 12.1 Å². The molecule has 0 spiro atoms. The van der Waals surface area contributed by atoms with Gasteiger partial charge in [0, 0.05) is 11.6 Å². The van der Waals surface area contributed by atoms with Gasteiger partial charge in [0.15, 0.2) is 5.75 Å². The number of nitro benzene ring substituents is 1. The summed E-state index contributed by atoms with van der Waals surface area (Å²) in [6.45, 7) is 3.15. The fourth-order valence-electron chi connectivity index (χ4n) is 2.66. The van der Waals surface area contributed by atoms with Crippen LogP contribution in [0.25, 0.3) is 0 Å². The molecule has 0 saturated carbocycles. The average Bonchev–Trinajstić information content (AvgIpc) is 2.67. The number of nitrogens with zero attached hydrogens (tertiary/aromatic N) is 3. The van der Waals surface area contributed by atoms with Crippen molar-refractivity contribution in [1.29, 1.82) is 0 Å². The minimum Gasteiger partial charge on any atom is -0.490 e. The number of carbonyl (C=O) groups is 1. The molecular weight excluding hydrogens is 412 g/mol. The standard InChI is InChI=1S/C19H22N4O6S/c1-13-6-5-7-16(14(13)2)22(30(4,27)28)12-19(24)21-20-11-15-8-9-18(29-3)17(10-15)23(25)26/h5-11H,12H2,1-4H3,(H,21,24)/b20-11+. The Kier molecular flexibility index (Phi) is 7.11. The highest BCUT2D eigenvalue weighted by atomic mass is 32.2. The predicted octanol–water partition coefficient (Wildman–Crippen LogP) is 2.14. The summed E-state index contributed by atoms with van der Waals surface area (Å²) in [5, 5.41) is 14.8. The van der Waals surface area contributed by atoms with Crippen LogP contribution < -0.4 is 14.5 Å². The van der Waals surface area contributed by atoms with Crippen LogP contribution in [0.1, 0.15) is 16.7 Å². The van der Waals surface area contributed by atoms with Crippen LogP contribution in [0, 0.1) is 24.0 Å². The number of carbonyl (C=O) groups excluding carboxylic acids is 1. The Morgan fingerprint density at radius 1 is 1.30 bits per heavy atom. The lowest BCUT2D eigenvalue weighted by atomic mass is 10.1. The zero-order chi connectivity index (χ0) is 22.5. The maximum absolute atomic E-state index is 12.3. The molecule has 0 atom stereocenters. The van der Waals surface area contributed by atoms with E-state index in [1.807, 2.05) is 13.0 Å². The number of sulfonamides is 1. The van der Waals surface area contributed by atoms with Crippen molar-refractivity contribution in [3.05, 3.63) is 63.2 Å². The first-order valence-corrected chi connectivity index (χ1v) is 10.6. The van der Waals surface area contributed by atoms with Gasteiger partial charge in [0.2, 0.25) is 10.0 Å². The first-order valence-electron chi connectivity index (χ1n) is 8.73. The van der Waals surface area contributed by atoms with E-state index in [1.165, 1.54) is 31.5 Å². The number of hydrogen-bond donors (Lipinski definition) is 1. The number of methoxy groups -OCH3 is 1. The number of ether oxygens (including phenoxy) is 1. The average molecular weight is 434 g/mol. The first kappa shape index (κ1) is 22.8. The Morgan fingerprint density at radius 3 is 2.60 bits per heavy atom. The third-order valence-electron chi connectivity index (χ3n) is 4.33. The highest BCUT2D eigenvalue weighted by Gasteiger charge is 2.22. The minimum atomic E-state index is -3.72. The smallest absolute Gasteiger partial charge is 0.311 e. The Hall–Kier alpha value is -3.47. The van der Waals surface area contributed by atoms with Gasteiger partial charge in [-0.2, -0.15) is 5.10 Å². The van der Waals surface area contributed by atoms with E-state index >= 15 is 0 Å². The molecule has 2 aromatic carbocycles. The molecule has 1 amide bonds. The molecule has 0 aliphatic heterocycles. The van der Waals surface area contributed by atoms with E-state index in [-0.39, 0.29) is 11.4 Å². The number of hydrazone groups is 1. The normalized spacial score (nSPS) is 11.3. The number of rotatable bonds is 8. The molecule has 0 aliphatic carbocycles. The molecule has 0 fully saturated rings. The predicted molar refractivity (Wildman–Crippen MR) is 113 cm³/mol. The summed E-state index contributed by atoms with van der Waals surface area (Å²) in [6, 6.07) is 9.36. The molecule has 0 aromatic heterocycles. The second-order valence-corrected chi connectivity index (χ2v) is 8.38. The summed E-state index contributed by atoms with van der Waals surface area (Å²) in [7, 11) is -2.40. The second-order valence-electron chi connectivity index (χ2n) is 6.47. The van der Waals surface area contributed by atoms with Crippen LogP contribution in [0.5, 0.6) is 5.75 Å². The number of nitro groups is 1. The summed E-state index contributed by atoms with van der Waals surface area (Å²) in [5.41, 5.74) is 4.39. The summed E-state index contributed by atoms with van der Waals surface area (Å²) in [5.74, 6) is -0.570. The number of anilines is 1. The molecule has 2 aromatic rings. The summed E-state index contributed by atoms with van der Waals surface area (Å²) >= 11 is 0. The van der Waals surface area contributed by atoms with Gasteiger partial charge in [-0.05, 0) is 43.2 Å². The lowest BCUT2D eigenvalue weighted by Gasteiger charge is -2.23. The quantitative estimate of drug-likeness (QED) is 0.385. The highest BCUT2D eigenvalue weighted by Crippen LogP contribution is 2.27. The van der Waals surface area contributed by atoms with Crippen LogP contribution in [0.3, 0.4) is 0 Å². The van der Waals surface area contributed by atoms with E-state index in [1.54, 1.807) is 19.1 Å². The molecule has 0 radical (unpaired) electrons. The lowest BCUT2D eigenvalue weighted by Crippen LogP contribution is -2.39. The number of amides is 1. The van der Waals surface area contributed by atoms with Gasteiger partial charge in [-0.15, -0.1) is 0 Å². The van der Waals surface area contributed by atoms with Crippen molar-refractivity contribution in [2.75, 3.05) is 24.2 Å². The van der Waals surface area contributed by atoms with Crippen LogP contribution in [-0.4, -0.2) is 45.4 Å². The third-order valence-corrected chi connectivity index (χ3v) is 5.46. The van der Waals surface area contributed by atoms with Gasteiger partial charge in [0.05, 0.1) is 30.2 Å². The van der Waals surface area contributed by atoms with Crippen LogP contribution in [0.2, 0.25) is 0 Å². The van der Waals surface area contributed by atoms with Crippen molar-refractivity contribution in [3.8, 4) is 5.75 Å². The van der Waals surface area contributed by atoms with E-state index in [0.717, 1.165) is 21.7 Å². The molecule has 1 N–H and O–H groups in total. The molecule has 0 heterocycles. The Labute approximate surface area is 174 Å². The summed E-state index contributed by atoms with van der Waals surface area (Å²) in [6.07, 6.45) is 2.23. The molecule has 2 rings (SSSR count). The minimum absolute atomic E-state index is 0.0958. The molecule has 160 valence electrons. The van der Waals surface area contributed by atoms with E-state index in [0.29, 0.717) is 11.3 Å². The zero-order valence-corrected chi connectivity index (χ0v) is 17.8. The first-order chi connectivity index (χ1) is 14.0. The molecule has 0 saturated heterocycles. The van der Waals surface area contributed by atoms with Crippen molar-refractivity contribution in [1.82, 2.24) is 5.43 Å². The maximum Gasteiger partial charge on any atom is 0.311 e. The van der Waals surface area contributed by atoms with Gasteiger partial charge >= 0.3 is 5.69 Å². The maximum atomic E-state index is 12.3. The number of aryl methyl sites for hydroxylation is 1. The van der Waals surface area contributed by atoms with E-state index < -0.39 is 27.4 Å². The lowest BCUT2D eigenvalue weighted by molar-refractivity contribution is -0.385. The van der Waals surface area contributed by atoms with Crippen LogP contribution in [0.15, 0.2) is 41.5 Å². The van der Waals surface area contributed by atoms with Gasteiger partial charge in [-0.3, -0.25) is 19.2 Å². The molecule has 0 aliphatic rings. The Bertz CT molecular complexity index is 1100. The van der Waals surface area contributed by atoms with Gasteiger partial charge < -0.3 is 4.74 Å². The van der Waals surface area contributed by atoms with Crippen molar-refractivity contribution in [3.63, 3.8) is 0 Å². The van der Waals surface area contributed by atoms with E-state index in [2.05, 4.69) is 10.5 Å². The van der Waals surface area contributed by atoms with Crippen LogP contribution in [0.4, 0.5) is 11.4 Å². The SMILES string of the molecule is COc1ccc(/C=N/NC(=O)CN(c2cccc(C)c2C)S(C)(=O)=O)cc1[N+](=O)[O-]. The monoisotopic (exact) mass is 434 g/mol. The molecular formula is C19H22N4O6S. The topological polar surface area (TPSA) is 131 Å². The van der Waals surface area contributed by atoms with E-state index in [4.69, 9.17) is 4.74 Å². The molecule has 30 heavy (non-hydrogen) atoms. The van der Waals surface area contributed by atoms with Crippen LogP contribution in [-0.2, 0) is 14.8 Å². The van der Waals surface area contributed by atoms with E-state index in [9.17, 15) is 23.3 Å².